The van der Waals surface area contributed by atoms with Gasteiger partial charge in [-0.3, -0.25) is 4.55 Å². The summed E-state index contributed by atoms with van der Waals surface area (Å²) in [6.45, 7) is 0. The van der Waals surface area contributed by atoms with E-state index < -0.39 is 69.7 Å². The molecule has 1 unspecified atom stereocenters. The van der Waals surface area contributed by atoms with Crippen LogP contribution in [0.3, 0.4) is 0 Å². The summed E-state index contributed by atoms with van der Waals surface area (Å²) in [5.74, 6) is -50.9. The van der Waals surface area contributed by atoms with Crippen molar-refractivity contribution in [2.45, 2.75) is 59.6 Å². The Hall–Kier alpha value is -1.35. The molecule has 0 aromatic heterocycles. The van der Waals surface area contributed by atoms with Crippen molar-refractivity contribution in [3.63, 3.8) is 0 Å². The molecule has 0 spiro atoms. The SMILES string of the molecule is O=S(=O)(O)C(F)(F)C(F)(F)C(F)(F)C(F)(F)C(F)(F)C(F)(F)C(F)(F)C(F)CC(F)(F)F. The Balaban J connectivity index is 6.78. The molecule has 0 bridgehead atoms. The first kappa shape index (κ1) is 30.6. The Morgan fingerprint density at radius 1 is 0.562 bits per heavy atom. The van der Waals surface area contributed by atoms with E-state index in [4.69, 9.17) is 4.55 Å². The highest BCUT2D eigenvalue weighted by Crippen LogP contribution is 2.63. The molecule has 0 rings (SSSR count). The molecule has 1 N–H and O–H groups in total. The quantitative estimate of drug-likeness (QED) is 0.304. The summed E-state index contributed by atoms with van der Waals surface area (Å²) in [7, 11) is -7.91. The summed E-state index contributed by atoms with van der Waals surface area (Å²) < 4.78 is 260. The zero-order valence-electron chi connectivity index (χ0n) is 13.8. The highest BCUT2D eigenvalue weighted by molar-refractivity contribution is 7.87. The summed E-state index contributed by atoms with van der Waals surface area (Å²) >= 11 is 0. The van der Waals surface area contributed by atoms with Crippen LogP contribution < -0.4 is 0 Å². The highest BCUT2D eigenvalue weighted by Gasteiger charge is 2.94. The molecule has 0 radical (unpaired) electrons. The summed E-state index contributed by atoms with van der Waals surface area (Å²) in [5.41, 5.74) is 0. The standard InChI is InChI=1S/C10H4F18O3S/c11-2(1-3(12,13)14)4(15,16)5(17,18)6(19,20)7(21,22)8(23,24)9(25,26)10(27,28)32(29,30)31/h2H,1H2,(H,29,30,31). The zero-order chi connectivity index (χ0) is 26.8. The van der Waals surface area contributed by atoms with Crippen molar-refractivity contribution in [3.05, 3.63) is 0 Å². The van der Waals surface area contributed by atoms with Crippen molar-refractivity contribution >= 4 is 10.1 Å². The first-order valence-corrected chi connectivity index (χ1v) is 8.14. The normalized spacial score (nSPS) is 17.5. The van der Waals surface area contributed by atoms with Crippen LogP contribution in [0, 0.1) is 0 Å². The molecule has 3 nitrogen and oxygen atoms in total. The molecule has 0 aliphatic heterocycles. The lowest BCUT2D eigenvalue weighted by Gasteiger charge is -2.42. The third-order valence-electron chi connectivity index (χ3n) is 3.49. The van der Waals surface area contributed by atoms with E-state index in [1.54, 1.807) is 0 Å². The van der Waals surface area contributed by atoms with Crippen molar-refractivity contribution in [3.8, 4) is 0 Å². The maximum Gasteiger partial charge on any atom is 0.438 e. The molecule has 0 fully saturated rings. The summed E-state index contributed by atoms with van der Waals surface area (Å²) in [6, 6.07) is 0. The molecule has 0 aromatic rings. The van der Waals surface area contributed by atoms with Crippen LogP contribution in [-0.2, 0) is 10.1 Å². The van der Waals surface area contributed by atoms with Crippen molar-refractivity contribution < 1.29 is 92.0 Å². The first-order valence-electron chi connectivity index (χ1n) is 6.70. The van der Waals surface area contributed by atoms with Gasteiger partial charge in [-0.25, -0.2) is 4.39 Å². The molecule has 1 atom stereocenters. The molecule has 0 amide bonds. The van der Waals surface area contributed by atoms with Gasteiger partial charge in [0.2, 0.25) is 0 Å². The van der Waals surface area contributed by atoms with Crippen molar-refractivity contribution in [1.29, 1.82) is 0 Å². The van der Waals surface area contributed by atoms with E-state index in [2.05, 4.69) is 0 Å². The van der Waals surface area contributed by atoms with Gasteiger partial charge >= 0.3 is 57.1 Å². The van der Waals surface area contributed by atoms with Gasteiger partial charge in [0, 0.05) is 0 Å². The van der Waals surface area contributed by atoms with Gasteiger partial charge in [-0.1, -0.05) is 0 Å². The fraction of sp³-hybridized carbons (Fsp3) is 1.00. The van der Waals surface area contributed by atoms with E-state index in [0.717, 1.165) is 0 Å². The molecule has 0 aliphatic carbocycles. The maximum absolute atomic E-state index is 13.3. The predicted octanol–water partition coefficient (Wildman–Crippen LogP) is 5.57. The molecule has 0 saturated heterocycles. The minimum Gasteiger partial charge on any atom is -0.281 e. The summed E-state index contributed by atoms with van der Waals surface area (Å²) in [4.78, 5) is 0. The van der Waals surface area contributed by atoms with E-state index in [0.29, 0.717) is 0 Å². The van der Waals surface area contributed by atoms with Crippen molar-refractivity contribution in [2.75, 3.05) is 0 Å². The molecule has 0 aliphatic rings. The second-order valence-electron chi connectivity index (χ2n) is 5.77. The van der Waals surface area contributed by atoms with Gasteiger partial charge in [0.05, 0.1) is 6.42 Å². The molecule has 0 heterocycles. The van der Waals surface area contributed by atoms with Crippen LogP contribution in [-0.4, -0.2) is 66.1 Å². The Bertz CT molecular complexity index is 796. The largest absolute Gasteiger partial charge is 0.438 e. The average Bonchev–Trinajstić information content (AvgIpc) is 2.50. The average molecular weight is 546 g/mol. The maximum atomic E-state index is 13.3. The lowest BCUT2D eigenvalue weighted by molar-refractivity contribution is -0.439. The van der Waals surface area contributed by atoms with Gasteiger partial charge < -0.3 is 0 Å². The van der Waals surface area contributed by atoms with Crippen molar-refractivity contribution in [1.82, 2.24) is 0 Å². The number of hydrogen-bond donors (Lipinski definition) is 1. The second kappa shape index (κ2) is 7.58. The third-order valence-corrected chi connectivity index (χ3v) is 4.39. The molecule has 22 heteroatoms. The molecule has 194 valence electrons. The van der Waals surface area contributed by atoms with E-state index in [-0.39, 0.29) is 0 Å². The van der Waals surface area contributed by atoms with E-state index >= 15 is 0 Å². The van der Waals surface area contributed by atoms with Crippen LogP contribution in [0.4, 0.5) is 79.0 Å². The molecule has 32 heavy (non-hydrogen) atoms. The summed E-state index contributed by atoms with van der Waals surface area (Å²) in [6.07, 6.45) is -15.6. The molecule has 0 aromatic carbocycles. The van der Waals surface area contributed by atoms with Gasteiger partial charge in [-0.15, -0.1) is 0 Å². The van der Waals surface area contributed by atoms with Gasteiger partial charge in [0.15, 0.2) is 6.17 Å². The van der Waals surface area contributed by atoms with E-state index in [1.165, 1.54) is 0 Å². The Kier molecular flexibility index (Phi) is 7.26. The third kappa shape index (κ3) is 4.15. The highest BCUT2D eigenvalue weighted by atomic mass is 32.2. The number of halogens is 18. The minimum atomic E-state index is -8.84. The Labute approximate surface area is 163 Å². The Morgan fingerprint density at radius 2 is 0.844 bits per heavy atom. The van der Waals surface area contributed by atoms with Gasteiger partial charge in [-0.2, -0.15) is 83.1 Å². The van der Waals surface area contributed by atoms with Gasteiger partial charge in [0.25, 0.3) is 0 Å². The number of hydrogen-bond acceptors (Lipinski definition) is 2. The predicted molar refractivity (Wildman–Crippen MR) is 61.7 cm³/mol. The van der Waals surface area contributed by atoms with Crippen LogP contribution in [0.2, 0.25) is 0 Å². The van der Waals surface area contributed by atoms with Crippen LogP contribution in [0.15, 0.2) is 0 Å². The van der Waals surface area contributed by atoms with E-state index in [9.17, 15) is 87.4 Å². The smallest absolute Gasteiger partial charge is 0.281 e. The lowest BCUT2D eigenvalue weighted by atomic mass is 9.89. The first-order chi connectivity index (χ1) is 13.4. The van der Waals surface area contributed by atoms with Crippen molar-refractivity contribution in [2.24, 2.45) is 0 Å². The molecule has 0 saturated carbocycles. The van der Waals surface area contributed by atoms with Crippen LogP contribution >= 0.6 is 0 Å². The minimum absolute atomic E-state index is 3.79. The van der Waals surface area contributed by atoms with Crippen LogP contribution in [0.25, 0.3) is 0 Å². The fourth-order valence-corrected chi connectivity index (χ4v) is 2.13. The van der Waals surface area contributed by atoms with Crippen LogP contribution in [0.5, 0.6) is 0 Å². The molecular weight excluding hydrogens is 542 g/mol. The number of rotatable bonds is 9. The van der Waals surface area contributed by atoms with Gasteiger partial charge in [0.1, 0.15) is 0 Å². The second-order valence-corrected chi connectivity index (χ2v) is 7.24. The molecular formula is C10H4F18O3S. The topological polar surface area (TPSA) is 54.4 Å². The zero-order valence-corrected chi connectivity index (χ0v) is 14.6. The summed E-state index contributed by atoms with van der Waals surface area (Å²) in [5, 5.41) is -7.85. The fourth-order valence-electron chi connectivity index (χ4n) is 1.67. The van der Waals surface area contributed by atoms with Gasteiger partial charge in [-0.05, 0) is 0 Å². The van der Waals surface area contributed by atoms with E-state index in [1.807, 2.05) is 0 Å². The van der Waals surface area contributed by atoms with Crippen LogP contribution in [0.1, 0.15) is 6.42 Å². The lowest BCUT2D eigenvalue weighted by Crippen LogP contribution is -2.74. The Morgan fingerprint density at radius 3 is 1.12 bits per heavy atom. The number of alkyl halides is 18. The monoisotopic (exact) mass is 546 g/mol.